The first kappa shape index (κ1) is 19.3. The molecule has 0 unspecified atom stereocenters. The second-order valence-corrected chi connectivity index (χ2v) is 6.57. The maximum absolute atomic E-state index is 12.7. The molecule has 30 heavy (non-hydrogen) atoms. The first-order valence-electron chi connectivity index (χ1n) is 9.34. The van der Waals surface area contributed by atoms with E-state index < -0.39 is 0 Å². The van der Waals surface area contributed by atoms with Crippen LogP contribution in [-0.4, -0.2) is 29.5 Å². The number of rotatable bonds is 7. The highest BCUT2D eigenvalue weighted by molar-refractivity contribution is 6.04. The number of carbonyl (C=O) groups is 1. The molecule has 0 aliphatic rings. The summed E-state index contributed by atoms with van der Waals surface area (Å²) in [6, 6.07) is 18.1. The van der Waals surface area contributed by atoms with Crippen molar-refractivity contribution in [3.05, 3.63) is 84.3 Å². The van der Waals surface area contributed by atoms with Gasteiger partial charge >= 0.3 is 0 Å². The fourth-order valence-electron chi connectivity index (χ4n) is 3.02. The molecule has 1 amide bonds. The fraction of sp³-hybridized carbons (Fsp3) is 0.130. The zero-order chi connectivity index (χ0) is 20.9. The van der Waals surface area contributed by atoms with Crippen molar-refractivity contribution >= 4 is 17.2 Å². The Labute approximate surface area is 173 Å². The number of hydrogen-bond donors (Lipinski definition) is 1. The van der Waals surface area contributed by atoms with Gasteiger partial charge in [0.15, 0.2) is 0 Å². The summed E-state index contributed by atoms with van der Waals surface area (Å²) in [5.41, 5.74) is 2.74. The zero-order valence-corrected chi connectivity index (χ0v) is 16.7. The number of carbonyl (C=O) groups excluding carboxylic acids is 1. The summed E-state index contributed by atoms with van der Waals surface area (Å²) in [7, 11) is 3.08. The lowest BCUT2D eigenvalue weighted by molar-refractivity contribution is 0.102. The molecule has 0 atom stereocenters. The van der Waals surface area contributed by atoms with E-state index in [2.05, 4.69) is 10.3 Å². The van der Waals surface area contributed by atoms with Gasteiger partial charge in [0.05, 0.1) is 19.9 Å². The number of amides is 1. The van der Waals surface area contributed by atoms with E-state index in [-0.39, 0.29) is 5.91 Å². The monoisotopic (exact) mass is 403 g/mol. The van der Waals surface area contributed by atoms with Gasteiger partial charge in [0, 0.05) is 35.8 Å². The van der Waals surface area contributed by atoms with Gasteiger partial charge in [-0.05, 0) is 36.4 Å². The van der Waals surface area contributed by atoms with Gasteiger partial charge in [-0.1, -0.05) is 12.1 Å². The maximum atomic E-state index is 12.7. The van der Waals surface area contributed by atoms with Crippen LogP contribution >= 0.6 is 0 Å². The van der Waals surface area contributed by atoms with Crippen LogP contribution < -0.4 is 19.5 Å². The average molecular weight is 403 g/mol. The van der Waals surface area contributed by atoms with E-state index in [1.54, 1.807) is 44.6 Å². The molecule has 1 N–H and O–H groups in total. The third kappa shape index (κ3) is 4.35. The zero-order valence-electron chi connectivity index (χ0n) is 16.7. The van der Waals surface area contributed by atoms with Gasteiger partial charge in [-0.3, -0.25) is 4.79 Å². The van der Waals surface area contributed by atoms with E-state index in [1.165, 1.54) is 0 Å². The standard InChI is InChI=1S/C23H21N3O4/c1-28-20-10-16(11-21(13-20)29-2)23(27)25-17-6-5-7-19(12-17)30-15-18-14-26-9-4-3-8-22(26)24-18/h3-14H,15H2,1-2H3,(H,25,27). The Hall–Kier alpha value is -4.00. The number of methoxy groups -OCH3 is 2. The molecule has 2 aromatic carbocycles. The number of fused-ring (bicyclic) bond motifs is 1. The topological polar surface area (TPSA) is 74.1 Å². The van der Waals surface area contributed by atoms with E-state index in [0.717, 1.165) is 11.3 Å². The Morgan fingerprint density at radius 3 is 2.50 bits per heavy atom. The lowest BCUT2D eigenvalue weighted by Crippen LogP contribution is -2.12. The Balaban J connectivity index is 1.44. The minimum Gasteiger partial charge on any atom is -0.497 e. The fourth-order valence-corrected chi connectivity index (χ4v) is 3.02. The second kappa shape index (κ2) is 8.57. The second-order valence-electron chi connectivity index (χ2n) is 6.57. The summed E-state index contributed by atoms with van der Waals surface area (Å²) in [6.45, 7) is 0.326. The van der Waals surface area contributed by atoms with Gasteiger partial charge in [-0.15, -0.1) is 0 Å². The number of hydrogen-bond acceptors (Lipinski definition) is 5. The molecule has 4 rings (SSSR count). The van der Waals surface area contributed by atoms with Crippen molar-refractivity contribution in [2.24, 2.45) is 0 Å². The molecule has 152 valence electrons. The van der Waals surface area contributed by atoms with E-state index in [9.17, 15) is 4.79 Å². The van der Waals surface area contributed by atoms with Crippen LogP contribution in [0, 0.1) is 0 Å². The van der Waals surface area contributed by atoms with E-state index in [4.69, 9.17) is 14.2 Å². The summed E-state index contributed by atoms with van der Waals surface area (Å²) in [5, 5.41) is 2.87. The van der Waals surface area contributed by atoms with Gasteiger partial charge in [-0.2, -0.15) is 0 Å². The predicted octanol–water partition coefficient (Wildman–Crippen LogP) is 4.18. The third-order valence-corrected chi connectivity index (χ3v) is 4.51. The molecule has 7 heteroatoms. The molecule has 2 aromatic heterocycles. The predicted molar refractivity (Wildman–Crippen MR) is 113 cm³/mol. The lowest BCUT2D eigenvalue weighted by Gasteiger charge is -2.10. The van der Waals surface area contributed by atoms with Gasteiger partial charge in [0.25, 0.3) is 5.91 Å². The molecule has 2 heterocycles. The van der Waals surface area contributed by atoms with Crippen LogP contribution in [-0.2, 0) is 6.61 Å². The summed E-state index contributed by atoms with van der Waals surface area (Å²) in [4.78, 5) is 17.2. The van der Waals surface area contributed by atoms with Gasteiger partial charge < -0.3 is 23.9 Å². The number of nitrogens with zero attached hydrogens (tertiary/aromatic N) is 2. The lowest BCUT2D eigenvalue weighted by atomic mass is 10.1. The highest BCUT2D eigenvalue weighted by atomic mass is 16.5. The molecule has 0 spiro atoms. The largest absolute Gasteiger partial charge is 0.497 e. The van der Waals surface area contributed by atoms with Crippen LogP contribution in [0.15, 0.2) is 73.1 Å². The van der Waals surface area contributed by atoms with Crippen molar-refractivity contribution in [3.63, 3.8) is 0 Å². The molecule has 0 aliphatic carbocycles. The number of ether oxygens (including phenoxy) is 3. The number of imidazole rings is 1. The van der Waals surface area contributed by atoms with Crippen LogP contribution in [0.1, 0.15) is 16.1 Å². The van der Waals surface area contributed by atoms with Crippen LogP contribution in [0.4, 0.5) is 5.69 Å². The van der Waals surface area contributed by atoms with Crippen molar-refractivity contribution in [2.45, 2.75) is 6.61 Å². The minimum absolute atomic E-state index is 0.273. The van der Waals surface area contributed by atoms with E-state index >= 15 is 0 Å². The van der Waals surface area contributed by atoms with E-state index in [0.29, 0.717) is 35.1 Å². The number of nitrogens with one attached hydrogen (secondary N) is 1. The minimum atomic E-state index is -0.273. The SMILES string of the molecule is COc1cc(OC)cc(C(=O)Nc2cccc(OCc3cn4ccccc4n3)c2)c1. The van der Waals surface area contributed by atoms with Crippen LogP contribution in [0.3, 0.4) is 0 Å². The van der Waals surface area contributed by atoms with Crippen molar-refractivity contribution in [2.75, 3.05) is 19.5 Å². The van der Waals surface area contributed by atoms with Crippen LogP contribution in [0.5, 0.6) is 17.2 Å². The average Bonchev–Trinajstić information content (AvgIpc) is 3.20. The number of anilines is 1. The molecule has 0 radical (unpaired) electrons. The molecule has 0 saturated heterocycles. The first-order chi connectivity index (χ1) is 14.6. The molecule has 0 fully saturated rings. The Kier molecular flexibility index (Phi) is 5.52. The smallest absolute Gasteiger partial charge is 0.255 e. The molecule has 7 nitrogen and oxygen atoms in total. The van der Waals surface area contributed by atoms with Crippen molar-refractivity contribution < 1.29 is 19.0 Å². The quantitative estimate of drug-likeness (QED) is 0.501. The summed E-state index contributed by atoms with van der Waals surface area (Å²) in [5.74, 6) is 1.45. The van der Waals surface area contributed by atoms with E-state index in [1.807, 2.05) is 47.1 Å². The normalized spacial score (nSPS) is 10.6. The highest BCUT2D eigenvalue weighted by Gasteiger charge is 2.11. The first-order valence-corrected chi connectivity index (χ1v) is 9.34. The highest BCUT2D eigenvalue weighted by Crippen LogP contribution is 2.24. The molecule has 0 aliphatic heterocycles. The number of aromatic nitrogens is 2. The molecule has 4 aromatic rings. The van der Waals surface area contributed by atoms with Gasteiger partial charge in [0.2, 0.25) is 0 Å². The van der Waals surface area contributed by atoms with Crippen molar-refractivity contribution in [1.29, 1.82) is 0 Å². The van der Waals surface area contributed by atoms with Crippen LogP contribution in [0.2, 0.25) is 0 Å². The molecule has 0 saturated carbocycles. The Morgan fingerprint density at radius 1 is 0.967 bits per heavy atom. The number of pyridine rings is 1. The van der Waals surface area contributed by atoms with Crippen molar-refractivity contribution in [3.8, 4) is 17.2 Å². The Morgan fingerprint density at radius 2 is 1.77 bits per heavy atom. The maximum Gasteiger partial charge on any atom is 0.255 e. The summed E-state index contributed by atoms with van der Waals surface area (Å²) >= 11 is 0. The van der Waals surface area contributed by atoms with Crippen molar-refractivity contribution in [1.82, 2.24) is 9.38 Å². The van der Waals surface area contributed by atoms with Gasteiger partial charge in [0.1, 0.15) is 29.5 Å². The van der Waals surface area contributed by atoms with Gasteiger partial charge in [-0.25, -0.2) is 4.98 Å². The molecular weight excluding hydrogens is 382 g/mol. The number of benzene rings is 2. The summed E-state index contributed by atoms with van der Waals surface area (Å²) < 4.78 is 18.2. The third-order valence-electron chi connectivity index (χ3n) is 4.51. The summed E-state index contributed by atoms with van der Waals surface area (Å²) in [6.07, 6.45) is 3.87. The molecular formula is C23H21N3O4. The molecule has 0 bridgehead atoms. The van der Waals surface area contributed by atoms with Crippen LogP contribution in [0.25, 0.3) is 5.65 Å². The Bertz CT molecular complexity index is 1130.